The molecule has 0 saturated carbocycles. The predicted molar refractivity (Wildman–Crippen MR) is 133 cm³/mol. The Kier molecular flexibility index (Phi) is 7.90. The topological polar surface area (TPSA) is 90.4 Å². The van der Waals surface area contributed by atoms with Gasteiger partial charge in [-0.25, -0.2) is 8.42 Å². The van der Waals surface area contributed by atoms with Crippen molar-refractivity contribution in [3.05, 3.63) is 53.6 Å². The van der Waals surface area contributed by atoms with Crippen molar-refractivity contribution in [2.24, 2.45) is 5.92 Å². The first kappa shape index (κ1) is 26.0. The molecule has 2 aromatic carbocycles. The molecule has 0 saturated heterocycles. The van der Waals surface area contributed by atoms with Crippen molar-refractivity contribution in [2.75, 3.05) is 45.7 Å². The summed E-state index contributed by atoms with van der Waals surface area (Å²) in [5.74, 6) is 0.00454. The van der Waals surface area contributed by atoms with Crippen LogP contribution < -0.4 is 9.64 Å². The van der Waals surface area contributed by atoms with E-state index >= 15 is 0 Å². The lowest BCUT2D eigenvalue weighted by Gasteiger charge is -2.38. The molecule has 1 amide bonds. The van der Waals surface area contributed by atoms with Crippen LogP contribution in [-0.2, 0) is 10.0 Å². The number of fused-ring (bicyclic) bond motifs is 1. The maximum atomic E-state index is 13.4. The first-order valence-corrected chi connectivity index (χ1v) is 12.8. The van der Waals surface area contributed by atoms with Gasteiger partial charge in [0.05, 0.1) is 29.7 Å². The molecule has 9 heteroatoms. The molecule has 1 heterocycles. The zero-order valence-electron chi connectivity index (χ0n) is 20.7. The monoisotopic (exact) mass is 489 g/mol. The minimum Gasteiger partial charge on any atom is -0.488 e. The minimum absolute atomic E-state index is 0.113. The Labute approximate surface area is 202 Å². The Morgan fingerprint density at radius 3 is 2.38 bits per heavy atom. The lowest BCUT2D eigenvalue weighted by molar-refractivity contribution is 0.0387. The van der Waals surface area contributed by atoms with E-state index in [-0.39, 0.29) is 29.9 Å². The lowest BCUT2D eigenvalue weighted by atomic mass is 9.99. The first-order valence-electron chi connectivity index (χ1n) is 11.4. The highest BCUT2D eigenvalue weighted by molar-refractivity contribution is 7.89. The number of amides is 1. The molecule has 0 spiro atoms. The molecule has 0 aliphatic carbocycles. The second-order valence-electron chi connectivity index (χ2n) is 9.30. The van der Waals surface area contributed by atoms with Crippen molar-refractivity contribution in [3.63, 3.8) is 0 Å². The van der Waals surface area contributed by atoms with Crippen molar-refractivity contribution >= 4 is 21.6 Å². The molecule has 0 unspecified atom stereocenters. The average molecular weight is 490 g/mol. The van der Waals surface area contributed by atoms with E-state index in [0.29, 0.717) is 17.9 Å². The Bertz CT molecular complexity index is 1120. The van der Waals surface area contributed by atoms with E-state index in [4.69, 9.17) is 4.74 Å². The lowest BCUT2D eigenvalue weighted by Crippen LogP contribution is -2.50. The minimum atomic E-state index is -3.71. The molecule has 3 rings (SSSR count). The maximum Gasteiger partial charge on any atom is 0.258 e. The molecule has 1 aliphatic heterocycles. The van der Waals surface area contributed by atoms with Crippen molar-refractivity contribution in [1.82, 2.24) is 9.21 Å². The summed E-state index contributed by atoms with van der Waals surface area (Å²) in [4.78, 5) is 17.2. The van der Waals surface area contributed by atoms with Crippen LogP contribution in [0.4, 0.5) is 5.69 Å². The number of nitrogens with zero attached hydrogens (tertiary/aromatic N) is 3. The zero-order chi connectivity index (χ0) is 25.2. The van der Waals surface area contributed by atoms with Gasteiger partial charge in [-0.1, -0.05) is 24.6 Å². The van der Waals surface area contributed by atoms with Gasteiger partial charge in [-0.3, -0.25) is 4.79 Å². The standard InChI is InChI=1S/C25H35N3O5S/c1-17-7-10-21(11-8-17)34(31,32)27(6)15-24-18(2)14-28(19(3)16-29)25(30)22-13-20(26(4)5)9-12-23(22)33-24/h7-13,18-19,24,29H,14-16H2,1-6H3/t18-,19+,24+/m1/s1. The third kappa shape index (κ3) is 5.37. The maximum absolute atomic E-state index is 13.4. The number of hydrogen-bond acceptors (Lipinski definition) is 6. The van der Waals surface area contributed by atoms with Crippen LogP contribution in [0.5, 0.6) is 5.75 Å². The Balaban J connectivity index is 1.97. The van der Waals surface area contributed by atoms with E-state index in [1.54, 1.807) is 55.3 Å². The second-order valence-corrected chi connectivity index (χ2v) is 11.3. The number of hydrogen-bond donors (Lipinski definition) is 1. The molecule has 0 fully saturated rings. The van der Waals surface area contributed by atoms with E-state index in [1.165, 1.54) is 4.31 Å². The molecule has 0 bridgehead atoms. The molecule has 0 aromatic heterocycles. The van der Waals surface area contributed by atoms with Crippen molar-refractivity contribution in [2.45, 2.75) is 37.8 Å². The highest BCUT2D eigenvalue weighted by Gasteiger charge is 2.35. The molecule has 186 valence electrons. The van der Waals surface area contributed by atoms with Crippen LogP contribution in [0.3, 0.4) is 0 Å². The number of aliphatic hydroxyl groups excluding tert-OH is 1. The molecular formula is C25H35N3O5S. The van der Waals surface area contributed by atoms with Gasteiger partial charge >= 0.3 is 0 Å². The van der Waals surface area contributed by atoms with Gasteiger partial charge in [0, 0.05) is 39.3 Å². The normalized spacial score (nSPS) is 19.8. The number of carbonyl (C=O) groups is 1. The summed E-state index contributed by atoms with van der Waals surface area (Å²) in [6.45, 7) is 5.90. The van der Waals surface area contributed by atoms with Crippen LogP contribution >= 0.6 is 0 Å². The summed E-state index contributed by atoms with van der Waals surface area (Å²) in [6, 6.07) is 11.7. The number of sulfonamides is 1. The Hall–Kier alpha value is -2.62. The fourth-order valence-electron chi connectivity index (χ4n) is 3.95. The van der Waals surface area contributed by atoms with Gasteiger partial charge in [0.2, 0.25) is 10.0 Å². The SMILES string of the molecule is Cc1ccc(S(=O)(=O)N(C)C[C@@H]2Oc3ccc(N(C)C)cc3C(=O)N([C@@H](C)CO)C[C@H]2C)cc1. The Morgan fingerprint density at radius 2 is 1.79 bits per heavy atom. The largest absolute Gasteiger partial charge is 0.488 e. The van der Waals surface area contributed by atoms with E-state index in [9.17, 15) is 18.3 Å². The number of carbonyl (C=O) groups excluding carboxylic acids is 1. The average Bonchev–Trinajstić information content (AvgIpc) is 2.80. The highest BCUT2D eigenvalue weighted by atomic mass is 32.2. The molecule has 2 aromatic rings. The van der Waals surface area contributed by atoms with Gasteiger partial charge < -0.3 is 19.6 Å². The summed E-state index contributed by atoms with van der Waals surface area (Å²) < 4.78 is 34.0. The molecular weight excluding hydrogens is 454 g/mol. The predicted octanol–water partition coefficient (Wildman–Crippen LogP) is 2.60. The van der Waals surface area contributed by atoms with Gasteiger partial charge in [0.25, 0.3) is 5.91 Å². The van der Waals surface area contributed by atoms with E-state index in [0.717, 1.165) is 11.3 Å². The molecule has 1 aliphatic rings. The van der Waals surface area contributed by atoms with E-state index in [2.05, 4.69) is 0 Å². The van der Waals surface area contributed by atoms with Gasteiger partial charge in [0.1, 0.15) is 11.9 Å². The third-order valence-corrected chi connectivity index (χ3v) is 8.17. The first-order chi connectivity index (χ1) is 15.9. The van der Waals surface area contributed by atoms with Crippen LogP contribution in [0.25, 0.3) is 0 Å². The number of anilines is 1. The van der Waals surface area contributed by atoms with Crippen molar-refractivity contribution < 1.29 is 23.1 Å². The van der Waals surface area contributed by atoms with Crippen LogP contribution in [0, 0.1) is 12.8 Å². The summed E-state index contributed by atoms with van der Waals surface area (Å²) in [7, 11) is 1.60. The number of likely N-dealkylation sites (N-methyl/N-ethyl adjacent to an activating group) is 1. The second kappa shape index (κ2) is 10.3. The summed E-state index contributed by atoms with van der Waals surface area (Å²) in [5, 5.41) is 9.79. The number of aryl methyl sites for hydroxylation is 1. The molecule has 1 N–H and O–H groups in total. The third-order valence-electron chi connectivity index (χ3n) is 6.33. The molecule has 8 nitrogen and oxygen atoms in total. The summed E-state index contributed by atoms with van der Waals surface area (Å²) in [5.41, 5.74) is 2.22. The number of benzene rings is 2. The molecule has 0 radical (unpaired) electrons. The summed E-state index contributed by atoms with van der Waals surface area (Å²) >= 11 is 0. The van der Waals surface area contributed by atoms with Crippen LogP contribution in [0.1, 0.15) is 29.8 Å². The molecule has 3 atom stereocenters. The van der Waals surface area contributed by atoms with Crippen molar-refractivity contribution in [1.29, 1.82) is 0 Å². The van der Waals surface area contributed by atoms with Crippen molar-refractivity contribution in [3.8, 4) is 5.75 Å². The Morgan fingerprint density at radius 1 is 1.15 bits per heavy atom. The fraction of sp³-hybridized carbons (Fsp3) is 0.480. The molecule has 34 heavy (non-hydrogen) atoms. The smallest absolute Gasteiger partial charge is 0.258 e. The zero-order valence-corrected chi connectivity index (χ0v) is 21.5. The number of rotatable bonds is 7. The van der Waals surface area contributed by atoms with Gasteiger partial charge in [0.15, 0.2) is 0 Å². The quantitative estimate of drug-likeness (QED) is 0.643. The van der Waals surface area contributed by atoms with Crippen LogP contribution in [-0.4, -0.2) is 81.6 Å². The van der Waals surface area contributed by atoms with Gasteiger partial charge in [-0.05, 0) is 44.2 Å². The number of aliphatic hydroxyl groups is 1. The number of ether oxygens (including phenoxy) is 1. The van der Waals surface area contributed by atoms with Gasteiger partial charge in [-0.15, -0.1) is 0 Å². The van der Waals surface area contributed by atoms with Crippen LogP contribution in [0.2, 0.25) is 0 Å². The van der Waals surface area contributed by atoms with Crippen LogP contribution in [0.15, 0.2) is 47.4 Å². The highest BCUT2D eigenvalue weighted by Crippen LogP contribution is 2.31. The van der Waals surface area contributed by atoms with E-state index in [1.807, 2.05) is 38.9 Å². The fourth-order valence-corrected chi connectivity index (χ4v) is 5.13. The van der Waals surface area contributed by atoms with Gasteiger partial charge in [-0.2, -0.15) is 4.31 Å². The summed E-state index contributed by atoms with van der Waals surface area (Å²) in [6.07, 6.45) is -0.504. The van der Waals surface area contributed by atoms with E-state index < -0.39 is 22.2 Å².